The van der Waals surface area contributed by atoms with Crippen LogP contribution in [0.25, 0.3) is 0 Å². The lowest BCUT2D eigenvalue weighted by Crippen LogP contribution is -2.56. The van der Waals surface area contributed by atoms with Crippen molar-refractivity contribution in [3.8, 4) is 0 Å². The molecule has 8 atom stereocenters. The number of carbonyl (C=O) groups is 2. The van der Waals surface area contributed by atoms with Crippen LogP contribution in [-0.2, 0) is 9.59 Å². The van der Waals surface area contributed by atoms with Gasteiger partial charge in [0, 0.05) is 12.4 Å². The average Bonchev–Trinajstić information content (AvgIpc) is 3.00. The Labute approximate surface area is 168 Å². The molecule has 0 aliphatic heterocycles. The number of aliphatic hydroxyl groups excluding tert-OH is 1. The lowest BCUT2D eigenvalue weighted by molar-refractivity contribution is -0.306. The molecule has 156 valence electrons. The van der Waals surface area contributed by atoms with Crippen LogP contribution in [0.1, 0.15) is 78.6 Å². The van der Waals surface area contributed by atoms with Crippen LogP contribution in [0.15, 0.2) is 11.6 Å². The number of allylic oxidation sites excluding steroid dienone is 1. The second-order valence-electron chi connectivity index (χ2n) is 10.7. The number of carbonyl (C=O) groups excluding carboxylic acids is 2. The number of ketones is 1. The second-order valence-corrected chi connectivity index (χ2v) is 10.7. The number of rotatable bonds is 4. The number of carboxylic acids is 1. The Morgan fingerprint density at radius 2 is 2.00 bits per heavy atom. The van der Waals surface area contributed by atoms with Crippen LogP contribution in [0.5, 0.6) is 0 Å². The van der Waals surface area contributed by atoms with Gasteiger partial charge in [-0.3, -0.25) is 4.79 Å². The van der Waals surface area contributed by atoms with E-state index >= 15 is 0 Å². The first-order valence-electron chi connectivity index (χ1n) is 11.3. The molecule has 4 heteroatoms. The Morgan fingerprint density at radius 3 is 2.71 bits per heavy atom. The molecule has 0 bridgehead atoms. The predicted octanol–water partition coefficient (Wildman–Crippen LogP) is 3.27. The zero-order valence-electron chi connectivity index (χ0n) is 17.6. The quantitative estimate of drug-likeness (QED) is 0.803. The molecule has 4 aliphatic carbocycles. The summed E-state index contributed by atoms with van der Waals surface area (Å²) in [5, 5.41) is 22.4. The smallest absolute Gasteiger partial charge is 0.155 e. The van der Waals surface area contributed by atoms with Crippen LogP contribution in [0.4, 0.5) is 0 Å². The molecule has 1 N–H and O–H groups in total. The Morgan fingerprint density at radius 1 is 1.25 bits per heavy atom. The standard InChI is InChI=1S/C24H36O4/c1-14(4-9-22(27)28)18-7-8-19-17-6-5-15-12-16(25)10-11-23(15,2)20(17)13-21(26)24(18,19)3/h12,14,17-21,26H,4-11,13H2,1-3H3,(H,27,28)/p-1/t14-,17+,18-,19+,20+,21+,23+,24-/m1/s1. The summed E-state index contributed by atoms with van der Waals surface area (Å²) in [6.07, 6.45) is 9.11. The van der Waals surface area contributed by atoms with E-state index in [1.807, 2.05) is 6.08 Å². The van der Waals surface area contributed by atoms with Gasteiger partial charge >= 0.3 is 0 Å². The van der Waals surface area contributed by atoms with Gasteiger partial charge in [0.25, 0.3) is 0 Å². The van der Waals surface area contributed by atoms with Gasteiger partial charge in [-0.05, 0) is 97.9 Å². The van der Waals surface area contributed by atoms with Crippen LogP contribution in [0.2, 0.25) is 0 Å². The predicted molar refractivity (Wildman–Crippen MR) is 105 cm³/mol. The van der Waals surface area contributed by atoms with Gasteiger partial charge in [-0.1, -0.05) is 26.3 Å². The van der Waals surface area contributed by atoms with Gasteiger partial charge < -0.3 is 15.0 Å². The van der Waals surface area contributed by atoms with E-state index in [1.165, 1.54) is 5.57 Å². The fraction of sp³-hybridized carbons (Fsp3) is 0.833. The molecule has 3 fully saturated rings. The zero-order chi connectivity index (χ0) is 20.3. The van der Waals surface area contributed by atoms with E-state index in [9.17, 15) is 19.8 Å². The van der Waals surface area contributed by atoms with Crippen LogP contribution in [0.3, 0.4) is 0 Å². The van der Waals surface area contributed by atoms with Crippen molar-refractivity contribution in [2.24, 2.45) is 40.4 Å². The van der Waals surface area contributed by atoms with Gasteiger partial charge in [0.05, 0.1) is 6.10 Å². The molecule has 0 spiro atoms. The highest BCUT2D eigenvalue weighted by atomic mass is 16.4. The molecule has 4 aliphatic rings. The molecule has 0 aromatic heterocycles. The lowest BCUT2D eigenvalue weighted by Gasteiger charge is -2.60. The molecule has 0 aromatic rings. The van der Waals surface area contributed by atoms with Gasteiger partial charge in [-0.2, -0.15) is 0 Å². The number of carboxylic acid groups (broad SMARTS) is 1. The summed E-state index contributed by atoms with van der Waals surface area (Å²) in [6.45, 7) is 6.78. The summed E-state index contributed by atoms with van der Waals surface area (Å²) in [5.74, 6) is 1.56. The molecule has 0 saturated heterocycles. The van der Waals surface area contributed by atoms with E-state index in [-0.39, 0.29) is 29.1 Å². The Bertz CT molecular complexity index is 697. The normalized spacial score (nSPS) is 46.2. The third-order valence-electron chi connectivity index (χ3n) is 9.63. The maximum absolute atomic E-state index is 12.0. The maximum atomic E-state index is 12.0. The second kappa shape index (κ2) is 6.97. The topological polar surface area (TPSA) is 77.4 Å². The molecular formula is C24H35O4-. The van der Waals surface area contributed by atoms with Crippen LogP contribution < -0.4 is 5.11 Å². The van der Waals surface area contributed by atoms with Crippen molar-refractivity contribution in [1.82, 2.24) is 0 Å². The lowest BCUT2D eigenvalue weighted by atomic mass is 9.45. The summed E-state index contributed by atoms with van der Waals surface area (Å²) in [6, 6.07) is 0. The van der Waals surface area contributed by atoms with E-state index < -0.39 is 5.97 Å². The van der Waals surface area contributed by atoms with Crippen LogP contribution in [0, 0.1) is 40.4 Å². The molecule has 0 aromatic carbocycles. The number of hydrogen-bond donors (Lipinski definition) is 1. The van der Waals surface area contributed by atoms with Gasteiger partial charge in [-0.15, -0.1) is 0 Å². The van der Waals surface area contributed by atoms with Crippen molar-refractivity contribution < 1.29 is 19.8 Å². The van der Waals surface area contributed by atoms with Gasteiger partial charge in [0.15, 0.2) is 5.78 Å². The van der Waals surface area contributed by atoms with Gasteiger partial charge in [0.2, 0.25) is 0 Å². The SMILES string of the molecule is C[C@H](CCC(=O)[O-])[C@H]1CC[C@H]2[C@@H]3CCC4=CC(=O)CC[C@]4(C)[C@H]3C[C@H](O)[C@]12C. The molecule has 28 heavy (non-hydrogen) atoms. The molecule has 0 radical (unpaired) electrons. The number of aliphatic carboxylic acids is 1. The van der Waals surface area contributed by atoms with E-state index in [4.69, 9.17) is 0 Å². The first-order chi connectivity index (χ1) is 13.2. The minimum Gasteiger partial charge on any atom is -0.550 e. The molecule has 3 saturated carbocycles. The Balaban J connectivity index is 1.60. The van der Waals surface area contributed by atoms with Crippen molar-refractivity contribution in [1.29, 1.82) is 0 Å². The minimum atomic E-state index is -0.970. The molecule has 0 heterocycles. The zero-order valence-corrected chi connectivity index (χ0v) is 17.6. The van der Waals surface area contributed by atoms with Crippen molar-refractivity contribution >= 4 is 11.8 Å². The largest absolute Gasteiger partial charge is 0.550 e. The summed E-state index contributed by atoms with van der Waals surface area (Å²) in [7, 11) is 0. The number of aliphatic hydroxyl groups is 1. The van der Waals surface area contributed by atoms with E-state index in [0.717, 1.165) is 38.5 Å². The number of fused-ring (bicyclic) bond motifs is 5. The minimum absolute atomic E-state index is 0.0673. The van der Waals surface area contributed by atoms with Crippen LogP contribution >= 0.6 is 0 Å². The molecule has 4 nitrogen and oxygen atoms in total. The van der Waals surface area contributed by atoms with E-state index in [0.29, 0.717) is 42.4 Å². The van der Waals surface area contributed by atoms with E-state index in [1.54, 1.807) is 0 Å². The van der Waals surface area contributed by atoms with Crippen molar-refractivity contribution in [3.05, 3.63) is 11.6 Å². The average molecular weight is 388 g/mol. The summed E-state index contributed by atoms with van der Waals surface area (Å²) in [4.78, 5) is 22.9. The molecular weight excluding hydrogens is 352 g/mol. The molecule has 4 rings (SSSR count). The highest BCUT2D eigenvalue weighted by molar-refractivity contribution is 5.91. The third-order valence-corrected chi connectivity index (χ3v) is 9.63. The highest BCUT2D eigenvalue weighted by Crippen LogP contribution is 2.67. The fourth-order valence-corrected chi connectivity index (χ4v) is 8.03. The summed E-state index contributed by atoms with van der Waals surface area (Å²) >= 11 is 0. The van der Waals surface area contributed by atoms with E-state index in [2.05, 4.69) is 20.8 Å². The molecule has 0 unspecified atom stereocenters. The highest BCUT2D eigenvalue weighted by Gasteiger charge is 2.62. The summed E-state index contributed by atoms with van der Waals surface area (Å²) in [5.41, 5.74) is 1.28. The monoisotopic (exact) mass is 387 g/mol. The Hall–Kier alpha value is -1.16. The first-order valence-corrected chi connectivity index (χ1v) is 11.3. The third kappa shape index (κ3) is 2.89. The molecule has 0 amide bonds. The van der Waals surface area contributed by atoms with Gasteiger partial charge in [0.1, 0.15) is 0 Å². The van der Waals surface area contributed by atoms with Crippen molar-refractivity contribution in [3.63, 3.8) is 0 Å². The fourth-order valence-electron chi connectivity index (χ4n) is 8.03. The van der Waals surface area contributed by atoms with Gasteiger partial charge in [-0.25, -0.2) is 0 Å². The number of hydrogen-bond acceptors (Lipinski definition) is 4. The summed E-state index contributed by atoms with van der Waals surface area (Å²) < 4.78 is 0. The van der Waals surface area contributed by atoms with Crippen LogP contribution in [-0.4, -0.2) is 23.0 Å². The first kappa shape index (κ1) is 20.1. The van der Waals surface area contributed by atoms with Crippen molar-refractivity contribution in [2.45, 2.75) is 84.7 Å². The van der Waals surface area contributed by atoms with Crippen molar-refractivity contribution in [2.75, 3.05) is 0 Å². The Kier molecular flexibility index (Phi) is 5.01. The maximum Gasteiger partial charge on any atom is 0.155 e.